The highest BCUT2D eigenvalue weighted by atomic mass is 79.9. The van der Waals surface area contributed by atoms with E-state index in [9.17, 15) is 24.3 Å². The fourth-order valence-corrected chi connectivity index (χ4v) is 11.1. The number of nitrogens with zero attached hydrogens (tertiary/aromatic N) is 6. The van der Waals surface area contributed by atoms with Crippen LogP contribution in [0.3, 0.4) is 0 Å². The lowest BCUT2D eigenvalue weighted by atomic mass is 9.84. The van der Waals surface area contributed by atoms with Crippen molar-refractivity contribution in [1.82, 2.24) is 35.0 Å². The van der Waals surface area contributed by atoms with Crippen LogP contribution in [0.5, 0.6) is 11.5 Å². The summed E-state index contributed by atoms with van der Waals surface area (Å²) in [5.41, 5.74) is 6.78. The second-order valence-corrected chi connectivity index (χ2v) is 22.6. The van der Waals surface area contributed by atoms with E-state index in [2.05, 4.69) is 46.8 Å². The van der Waals surface area contributed by atoms with Gasteiger partial charge >= 0.3 is 0 Å². The number of nitrogens with one attached hydrogen (secondary N) is 3. The maximum atomic E-state index is 14.3. The van der Waals surface area contributed by atoms with Gasteiger partial charge in [-0.1, -0.05) is 50.6 Å². The first-order chi connectivity index (χ1) is 38.3. The molecule has 8 rings (SSSR count). The average molecular weight is 1170 g/mol. The average Bonchev–Trinajstić information content (AvgIpc) is 4.31. The normalized spacial score (nSPS) is 16.4. The van der Waals surface area contributed by atoms with Gasteiger partial charge < -0.3 is 54.7 Å². The van der Waals surface area contributed by atoms with Crippen molar-refractivity contribution >= 4 is 68.3 Å². The molecule has 79 heavy (non-hydrogen) atoms. The van der Waals surface area contributed by atoms with Gasteiger partial charge in [-0.15, -0.1) is 11.3 Å². The number of aliphatic hydroxyl groups is 1. The Morgan fingerprint density at radius 2 is 1.62 bits per heavy atom. The van der Waals surface area contributed by atoms with E-state index in [1.807, 2.05) is 98.9 Å². The largest absolute Gasteiger partial charge is 0.494 e. The molecule has 4 amide bonds. The lowest BCUT2D eigenvalue weighted by Gasteiger charge is -2.35. The van der Waals surface area contributed by atoms with Crippen LogP contribution in [0.1, 0.15) is 105 Å². The lowest BCUT2D eigenvalue weighted by molar-refractivity contribution is -0.143. The molecular weight excluding hydrogens is 1090 g/mol. The summed E-state index contributed by atoms with van der Waals surface area (Å²) in [6.45, 7) is 11.1. The first kappa shape index (κ1) is 58.9. The molecule has 2 aromatic heterocycles. The fraction of sp³-hybridized carbons (Fsp3) is 0.508. The number of hydrogen-bond donors (Lipinski definition) is 4. The Morgan fingerprint density at radius 1 is 0.899 bits per heavy atom. The second kappa shape index (κ2) is 29.3. The number of carbonyl (C=O) groups is 4. The number of ether oxygens (including phenoxy) is 4. The number of amides is 4. The topological polar surface area (TPSA) is 210 Å². The van der Waals surface area contributed by atoms with E-state index >= 15 is 0 Å². The number of thiazole rings is 1. The third-order valence-corrected chi connectivity index (χ3v) is 16.1. The first-order valence-electron chi connectivity index (χ1n) is 27.8. The fourth-order valence-electron chi connectivity index (χ4n) is 9.98. The van der Waals surface area contributed by atoms with Crippen LogP contribution in [-0.4, -0.2) is 143 Å². The molecule has 0 radical (unpaired) electrons. The molecule has 4 heterocycles. The van der Waals surface area contributed by atoms with Gasteiger partial charge in [0, 0.05) is 102 Å². The number of anilines is 3. The highest BCUT2D eigenvalue weighted by Gasteiger charge is 2.46. The van der Waals surface area contributed by atoms with Gasteiger partial charge in [0.2, 0.25) is 23.7 Å². The maximum Gasteiger partial charge on any atom is 0.255 e. The number of halogens is 1. The zero-order valence-corrected chi connectivity index (χ0v) is 48.3. The maximum absolute atomic E-state index is 14.3. The summed E-state index contributed by atoms with van der Waals surface area (Å²) in [7, 11) is 1.88. The number of benzene rings is 3. The smallest absolute Gasteiger partial charge is 0.255 e. The van der Waals surface area contributed by atoms with Crippen LogP contribution in [0, 0.1) is 18.8 Å². The van der Waals surface area contributed by atoms with Crippen LogP contribution in [0.2, 0.25) is 0 Å². The van der Waals surface area contributed by atoms with E-state index in [4.69, 9.17) is 18.9 Å². The van der Waals surface area contributed by atoms with Gasteiger partial charge in [-0.2, -0.15) is 4.98 Å². The SMILES string of the molecule is Cc1ncsc1-c1ccc(CNC(=O)[C@@H]2C[C@@H](O)CN2C(=O)[C@H](C(C)C)N2Cc3ccccc3C2=O)c(OCCCCOCCCOCCCCOc2ccc(Nc3ncc(Br)c(NCCCN(C)C(=O)C4CCC4)n3)cc2)c1. The van der Waals surface area contributed by atoms with E-state index in [1.165, 1.54) is 4.90 Å². The molecule has 3 aliphatic rings. The monoisotopic (exact) mass is 1170 g/mol. The number of unbranched alkanes of at least 4 members (excludes halogenated alkanes) is 2. The summed E-state index contributed by atoms with van der Waals surface area (Å²) in [5, 5.41) is 20.4. The number of fused-ring (bicyclic) bond motifs is 1. The molecule has 1 saturated heterocycles. The van der Waals surface area contributed by atoms with Crippen LogP contribution in [0.15, 0.2) is 82.9 Å². The summed E-state index contributed by atoms with van der Waals surface area (Å²) in [6.07, 6.45) is 9.07. The van der Waals surface area contributed by atoms with E-state index in [-0.39, 0.29) is 55.0 Å². The van der Waals surface area contributed by atoms with Gasteiger partial charge in [0.25, 0.3) is 5.91 Å². The molecule has 3 atom stereocenters. The predicted molar refractivity (Wildman–Crippen MR) is 308 cm³/mol. The number of aliphatic hydroxyl groups excluding tert-OH is 1. The Morgan fingerprint density at radius 3 is 2.32 bits per heavy atom. The number of carbonyl (C=O) groups excluding carboxylic acids is 4. The zero-order chi connectivity index (χ0) is 55.7. The minimum Gasteiger partial charge on any atom is -0.494 e. The Balaban J connectivity index is 0.686. The standard InChI is InChI=1S/C59H76BrN9O9S/c1-39(2)52(69-36-44-14-5-6-17-48(44)57(69)73)58(74)68-37-46(70)33-50(68)55(71)62-34-43-19-18-42(53-40(3)64-38-79-53)32-51(43)78-31-10-8-27-76-29-13-28-75-26-7-9-30-77-47-22-20-45(21-23-47)65-59-63-35-49(60)54(66-59)61-24-12-25-67(4)56(72)41-15-11-16-41/h5-6,14,17-23,32,35,38-39,41,46,50,52,70H,7-13,15-16,24-31,33-34,36-37H2,1-4H3,(H,62,71)(H2,61,63,65,66)/t46-,50+,52+/m1/s1. The van der Waals surface area contributed by atoms with Crippen molar-refractivity contribution in [3.05, 3.63) is 105 Å². The molecule has 424 valence electrons. The molecule has 0 spiro atoms. The van der Waals surface area contributed by atoms with Crippen LogP contribution < -0.4 is 25.4 Å². The summed E-state index contributed by atoms with van der Waals surface area (Å²) < 4.78 is 24.9. The number of rotatable bonds is 31. The molecule has 20 heteroatoms. The minimum absolute atomic E-state index is 0.0119. The molecule has 18 nitrogen and oxygen atoms in total. The molecule has 4 N–H and O–H groups in total. The third kappa shape index (κ3) is 16.2. The summed E-state index contributed by atoms with van der Waals surface area (Å²) in [4.78, 5) is 73.4. The summed E-state index contributed by atoms with van der Waals surface area (Å²) in [5.74, 6) is 1.92. The lowest BCUT2D eigenvalue weighted by Crippen LogP contribution is -2.55. The quantitative estimate of drug-likeness (QED) is 0.0305. The van der Waals surface area contributed by atoms with Gasteiger partial charge in [-0.3, -0.25) is 19.2 Å². The molecule has 0 unspecified atom stereocenters. The van der Waals surface area contributed by atoms with E-state index in [0.717, 1.165) is 101 Å². The Kier molecular flexibility index (Phi) is 21.9. The van der Waals surface area contributed by atoms with Crippen molar-refractivity contribution in [2.75, 3.05) is 77.0 Å². The Bertz CT molecular complexity index is 2820. The van der Waals surface area contributed by atoms with Crippen molar-refractivity contribution in [1.29, 1.82) is 0 Å². The van der Waals surface area contributed by atoms with Crippen molar-refractivity contribution in [3.8, 4) is 21.9 Å². The van der Waals surface area contributed by atoms with Gasteiger partial charge in [-0.25, -0.2) is 9.97 Å². The van der Waals surface area contributed by atoms with Crippen LogP contribution >= 0.6 is 27.3 Å². The van der Waals surface area contributed by atoms with E-state index in [0.29, 0.717) is 82.4 Å². The predicted octanol–water partition coefficient (Wildman–Crippen LogP) is 9.18. The molecule has 0 bridgehead atoms. The van der Waals surface area contributed by atoms with Crippen molar-refractivity contribution < 1.29 is 43.2 Å². The van der Waals surface area contributed by atoms with Gasteiger partial charge in [0.1, 0.15) is 29.4 Å². The molecule has 1 saturated carbocycles. The molecule has 1 aliphatic carbocycles. The Labute approximate surface area is 476 Å². The zero-order valence-electron chi connectivity index (χ0n) is 45.9. The van der Waals surface area contributed by atoms with E-state index < -0.39 is 18.2 Å². The molecule has 3 aromatic carbocycles. The van der Waals surface area contributed by atoms with Crippen molar-refractivity contribution in [3.63, 3.8) is 0 Å². The van der Waals surface area contributed by atoms with Gasteiger partial charge in [-0.05, 0) is 128 Å². The Hall–Kier alpha value is -6.19. The van der Waals surface area contributed by atoms with Gasteiger partial charge in [0.15, 0.2) is 0 Å². The van der Waals surface area contributed by atoms with Crippen LogP contribution in [-0.2, 0) is 36.9 Å². The molecule has 2 fully saturated rings. The highest BCUT2D eigenvalue weighted by molar-refractivity contribution is 9.10. The van der Waals surface area contributed by atoms with Gasteiger partial charge in [0.05, 0.1) is 39.9 Å². The molecule has 5 aromatic rings. The number of aromatic nitrogens is 3. The number of hydrogen-bond acceptors (Lipinski definition) is 15. The number of β-amino-alcohol motifs (C(OH)–C–C–N with tert-alkyl or cyclic N) is 1. The third-order valence-electron chi connectivity index (χ3n) is 14.6. The molecular formula is C59H76BrN9O9S. The number of aryl methyl sites for hydroxylation is 1. The van der Waals surface area contributed by atoms with Crippen LogP contribution in [0.25, 0.3) is 10.4 Å². The summed E-state index contributed by atoms with van der Waals surface area (Å²) >= 11 is 5.09. The first-order valence-corrected chi connectivity index (χ1v) is 29.5. The van der Waals surface area contributed by atoms with Crippen LogP contribution in [0.4, 0.5) is 17.5 Å². The second-order valence-electron chi connectivity index (χ2n) is 20.9. The van der Waals surface area contributed by atoms with E-state index in [1.54, 1.807) is 28.5 Å². The van der Waals surface area contributed by atoms with Crippen molar-refractivity contribution in [2.45, 2.75) is 116 Å². The highest BCUT2D eigenvalue weighted by Crippen LogP contribution is 2.34. The van der Waals surface area contributed by atoms with Crippen molar-refractivity contribution in [2.24, 2.45) is 11.8 Å². The number of likely N-dealkylation sites (tertiary alicyclic amines) is 1. The minimum atomic E-state index is -0.893. The molecule has 2 aliphatic heterocycles. The summed E-state index contributed by atoms with van der Waals surface area (Å²) in [6, 6.07) is 19.3.